The molecule has 1 unspecified atom stereocenters. The Morgan fingerprint density at radius 2 is 1.88 bits per heavy atom. The van der Waals surface area contributed by atoms with Crippen LogP contribution in [0.1, 0.15) is 57.6 Å². The number of methoxy groups -OCH3 is 1. The van der Waals surface area contributed by atoms with Gasteiger partial charge in [-0.3, -0.25) is 9.78 Å². The van der Waals surface area contributed by atoms with E-state index in [1.165, 1.54) is 13.2 Å². The standard InChI is InChI=1S/C20H24N2O4/c1-5-26-20(24)17-11-16(14(3)21-18(17)12-25-4)19(23)22-13(2)15-9-7-6-8-10-15/h6-11,13H,5,12H2,1-4H3,(H,22,23). The minimum atomic E-state index is -0.516. The lowest BCUT2D eigenvalue weighted by molar-refractivity contribution is 0.0520. The number of benzene rings is 1. The zero-order valence-electron chi connectivity index (χ0n) is 15.5. The van der Waals surface area contributed by atoms with Crippen molar-refractivity contribution < 1.29 is 19.1 Å². The van der Waals surface area contributed by atoms with Crippen molar-refractivity contribution in [1.29, 1.82) is 0 Å². The molecule has 0 saturated heterocycles. The highest BCUT2D eigenvalue weighted by atomic mass is 16.5. The molecule has 0 saturated carbocycles. The summed E-state index contributed by atoms with van der Waals surface area (Å²) in [5.74, 6) is -0.807. The summed E-state index contributed by atoms with van der Waals surface area (Å²) in [6.45, 7) is 5.77. The van der Waals surface area contributed by atoms with Gasteiger partial charge in [-0.2, -0.15) is 0 Å². The largest absolute Gasteiger partial charge is 0.462 e. The van der Waals surface area contributed by atoms with Gasteiger partial charge in [0.1, 0.15) is 0 Å². The van der Waals surface area contributed by atoms with Crippen LogP contribution >= 0.6 is 0 Å². The zero-order valence-corrected chi connectivity index (χ0v) is 15.5. The summed E-state index contributed by atoms with van der Waals surface area (Å²) in [7, 11) is 1.52. The normalized spacial score (nSPS) is 11.7. The molecule has 2 aromatic rings. The van der Waals surface area contributed by atoms with Crippen molar-refractivity contribution in [2.45, 2.75) is 33.4 Å². The van der Waals surface area contributed by atoms with E-state index >= 15 is 0 Å². The molecule has 0 aliphatic carbocycles. The SMILES string of the molecule is CCOC(=O)c1cc(C(=O)NC(C)c2ccccc2)c(C)nc1COC. The number of aryl methyl sites for hydroxylation is 1. The van der Waals surface area contributed by atoms with Gasteiger partial charge in [0.25, 0.3) is 5.91 Å². The molecule has 6 nitrogen and oxygen atoms in total. The lowest BCUT2D eigenvalue weighted by Gasteiger charge is -2.16. The number of hydrogen-bond donors (Lipinski definition) is 1. The van der Waals surface area contributed by atoms with E-state index < -0.39 is 5.97 Å². The number of esters is 1. The summed E-state index contributed by atoms with van der Waals surface area (Å²) in [6.07, 6.45) is 0. The van der Waals surface area contributed by atoms with Crippen LogP contribution in [0.15, 0.2) is 36.4 Å². The lowest BCUT2D eigenvalue weighted by atomic mass is 10.1. The quantitative estimate of drug-likeness (QED) is 0.771. The van der Waals surface area contributed by atoms with Gasteiger partial charge in [-0.15, -0.1) is 0 Å². The number of nitrogens with one attached hydrogen (secondary N) is 1. The van der Waals surface area contributed by atoms with Crippen LogP contribution in [-0.2, 0) is 16.1 Å². The maximum atomic E-state index is 12.7. The molecule has 6 heteroatoms. The number of carbonyl (C=O) groups excluding carboxylic acids is 2. The minimum absolute atomic E-state index is 0.164. The highest BCUT2D eigenvalue weighted by Gasteiger charge is 2.21. The molecule has 1 N–H and O–H groups in total. The monoisotopic (exact) mass is 356 g/mol. The van der Waals surface area contributed by atoms with Gasteiger partial charge in [0, 0.05) is 7.11 Å². The molecule has 0 radical (unpaired) electrons. The zero-order chi connectivity index (χ0) is 19.1. The topological polar surface area (TPSA) is 77.5 Å². The highest BCUT2D eigenvalue weighted by molar-refractivity contribution is 5.99. The Morgan fingerprint density at radius 1 is 1.19 bits per heavy atom. The van der Waals surface area contributed by atoms with Crippen LogP contribution in [0, 0.1) is 6.92 Å². The maximum absolute atomic E-state index is 12.7. The van der Waals surface area contributed by atoms with E-state index in [9.17, 15) is 9.59 Å². The van der Waals surface area contributed by atoms with Gasteiger partial charge in [-0.1, -0.05) is 30.3 Å². The average Bonchev–Trinajstić information content (AvgIpc) is 2.62. The van der Waals surface area contributed by atoms with Crippen molar-refractivity contribution in [2.75, 3.05) is 13.7 Å². The van der Waals surface area contributed by atoms with Crippen molar-refractivity contribution in [3.63, 3.8) is 0 Å². The van der Waals surface area contributed by atoms with Crippen LogP contribution in [0.5, 0.6) is 0 Å². The number of carbonyl (C=O) groups is 2. The predicted molar refractivity (Wildman–Crippen MR) is 98.0 cm³/mol. The fourth-order valence-electron chi connectivity index (χ4n) is 2.62. The first-order valence-corrected chi connectivity index (χ1v) is 8.50. The fraction of sp³-hybridized carbons (Fsp3) is 0.350. The third-order valence-corrected chi connectivity index (χ3v) is 3.96. The Labute approximate surface area is 153 Å². The van der Waals surface area contributed by atoms with Crippen LogP contribution in [-0.4, -0.2) is 30.6 Å². The summed E-state index contributed by atoms with van der Waals surface area (Å²) in [4.78, 5) is 29.3. The lowest BCUT2D eigenvalue weighted by Crippen LogP contribution is -2.28. The summed E-state index contributed by atoms with van der Waals surface area (Å²) in [5, 5.41) is 2.94. The summed E-state index contributed by atoms with van der Waals surface area (Å²) >= 11 is 0. The molecule has 1 aromatic carbocycles. The van der Waals surface area contributed by atoms with Crippen molar-refractivity contribution >= 4 is 11.9 Å². The Hall–Kier alpha value is -2.73. The Morgan fingerprint density at radius 3 is 2.50 bits per heavy atom. The second-order valence-corrected chi connectivity index (χ2v) is 5.87. The fourth-order valence-corrected chi connectivity index (χ4v) is 2.62. The van der Waals surface area contributed by atoms with Crippen molar-refractivity contribution in [3.8, 4) is 0 Å². The molecule has 2 rings (SSSR count). The van der Waals surface area contributed by atoms with Crippen LogP contribution in [0.2, 0.25) is 0 Å². The number of ether oxygens (including phenoxy) is 2. The third kappa shape index (κ3) is 4.67. The third-order valence-electron chi connectivity index (χ3n) is 3.96. The van der Waals surface area contributed by atoms with Crippen molar-refractivity contribution in [2.24, 2.45) is 0 Å². The predicted octanol–water partition coefficient (Wildman–Crippen LogP) is 3.20. The van der Waals surface area contributed by atoms with Gasteiger partial charge in [-0.25, -0.2) is 4.79 Å². The molecule has 138 valence electrons. The number of pyridine rings is 1. The molecule has 26 heavy (non-hydrogen) atoms. The molecule has 0 spiro atoms. The van der Waals surface area contributed by atoms with E-state index in [0.29, 0.717) is 17.0 Å². The van der Waals surface area contributed by atoms with E-state index in [1.807, 2.05) is 37.3 Å². The minimum Gasteiger partial charge on any atom is -0.462 e. The van der Waals surface area contributed by atoms with E-state index in [4.69, 9.17) is 9.47 Å². The highest BCUT2D eigenvalue weighted by Crippen LogP contribution is 2.18. The van der Waals surface area contributed by atoms with E-state index in [0.717, 1.165) is 5.56 Å². The van der Waals surface area contributed by atoms with Gasteiger partial charge in [0.15, 0.2) is 0 Å². The smallest absolute Gasteiger partial charge is 0.340 e. The second kappa shape index (κ2) is 9.10. The van der Waals surface area contributed by atoms with Crippen LogP contribution < -0.4 is 5.32 Å². The maximum Gasteiger partial charge on any atom is 0.340 e. The summed E-state index contributed by atoms with van der Waals surface area (Å²) in [6, 6.07) is 11.0. The summed E-state index contributed by atoms with van der Waals surface area (Å²) in [5.41, 5.74) is 2.57. The Balaban J connectivity index is 2.31. The average molecular weight is 356 g/mol. The van der Waals surface area contributed by atoms with Gasteiger partial charge in [0.2, 0.25) is 0 Å². The first-order chi connectivity index (χ1) is 12.5. The van der Waals surface area contributed by atoms with Crippen LogP contribution in [0.25, 0.3) is 0 Å². The first-order valence-electron chi connectivity index (χ1n) is 8.50. The molecule has 1 amide bonds. The van der Waals surface area contributed by atoms with Crippen molar-refractivity contribution in [3.05, 3.63) is 64.5 Å². The van der Waals surface area contributed by atoms with E-state index in [2.05, 4.69) is 10.3 Å². The first kappa shape index (κ1) is 19.6. The second-order valence-electron chi connectivity index (χ2n) is 5.87. The number of hydrogen-bond acceptors (Lipinski definition) is 5. The van der Waals surface area contributed by atoms with Crippen molar-refractivity contribution in [1.82, 2.24) is 10.3 Å². The number of rotatable bonds is 7. The molecule has 1 atom stereocenters. The number of nitrogens with zero attached hydrogens (tertiary/aromatic N) is 1. The Kier molecular flexibility index (Phi) is 6.86. The molecule has 0 aliphatic rings. The van der Waals surface area contributed by atoms with E-state index in [1.54, 1.807) is 13.8 Å². The summed E-state index contributed by atoms with van der Waals surface area (Å²) < 4.78 is 10.2. The van der Waals surface area contributed by atoms with Gasteiger partial charge in [-0.05, 0) is 32.4 Å². The molecule has 1 aromatic heterocycles. The molecule has 0 fully saturated rings. The Bertz CT molecular complexity index is 775. The molecule has 0 aliphatic heterocycles. The number of amides is 1. The van der Waals surface area contributed by atoms with Gasteiger partial charge < -0.3 is 14.8 Å². The molecule has 0 bridgehead atoms. The van der Waals surface area contributed by atoms with E-state index in [-0.39, 0.29) is 30.7 Å². The molecular weight excluding hydrogens is 332 g/mol. The van der Waals surface area contributed by atoms with Gasteiger partial charge >= 0.3 is 5.97 Å². The molecular formula is C20H24N2O4. The molecule has 1 heterocycles. The van der Waals surface area contributed by atoms with Gasteiger partial charge in [0.05, 0.1) is 41.8 Å². The number of aromatic nitrogens is 1. The van der Waals surface area contributed by atoms with Crippen LogP contribution in [0.4, 0.5) is 0 Å². The van der Waals surface area contributed by atoms with Crippen LogP contribution in [0.3, 0.4) is 0 Å².